The van der Waals surface area contributed by atoms with Gasteiger partial charge in [0.1, 0.15) is 0 Å². The van der Waals surface area contributed by atoms with Crippen LogP contribution in [0.15, 0.2) is 61.4 Å². The third-order valence-electron chi connectivity index (χ3n) is 5.07. The number of hydrogen-bond donors (Lipinski definition) is 1. The van der Waals surface area contributed by atoms with Crippen LogP contribution in [0, 0.1) is 0 Å². The summed E-state index contributed by atoms with van der Waals surface area (Å²) in [5.41, 5.74) is 5.01. The monoisotopic (exact) mass is 385 g/mol. The van der Waals surface area contributed by atoms with E-state index in [1.165, 1.54) is 0 Å². The van der Waals surface area contributed by atoms with E-state index in [2.05, 4.69) is 45.2 Å². The van der Waals surface area contributed by atoms with Gasteiger partial charge in [-0.25, -0.2) is 15.0 Å². The molecule has 0 amide bonds. The van der Waals surface area contributed by atoms with Crippen LogP contribution >= 0.6 is 0 Å². The summed E-state index contributed by atoms with van der Waals surface area (Å²) in [6, 6.07) is 10.3. The number of hydrogen-bond acceptors (Lipinski definition) is 6. The Balaban J connectivity index is 1.55. The summed E-state index contributed by atoms with van der Waals surface area (Å²) in [7, 11) is 0. The van der Waals surface area contributed by atoms with Gasteiger partial charge in [-0.2, -0.15) is 5.10 Å². The van der Waals surface area contributed by atoms with Crippen LogP contribution < -0.4 is 0 Å². The van der Waals surface area contributed by atoms with Crippen LogP contribution in [0.2, 0.25) is 0 Å². The molecule has 0 spiro atoms. The van der Waals surface area contributed by atoms with Crippen molar-refractivity contribution in [3.05, 3.63) is 67.0 Å². The number of aliphatic hydroxyl groups excluding tert-OH is 1. The van der Waals surface area contributed by atoms with Gasteiger partial charge < -0.3 is 9.67 Å². The van der Waals surface area contributed by atoms with Crippen LogP contribution in [0.3, 0.4) is 0 Å². The molecule has 0 radical (unpaired) electrons. The summed E-state index contributed by atoms with van der Waals surface area (Å²) in [5, 5.41) is 14.4. The molecule has 0 aliphatic rings. The number of rotatable bonds is 5. The molecular formula is C21H19N7O. The lowest BCUT2D eigenvalue weighted by atomic mass is 10.1. The molecule has 1 unspecified atom stereocenters. The Labute approximate surface area is 166 Å². The second-order valence-electron chi connectivity index (χ2n) is 6.90. The molecule has 0 saturated carbocycles. The summed E-state index contributed by atoms with van der Waals surface area (Å²) in [4.78, 5) is 18.1. The number of imidazole rings is 1. The summed E-state index contributed by atoms with van der Waals surface area (Å²) in [6.45, 7) is 2.60. The largest absolute Gasteiger partial charge is 0.394 e. The Bertz CT molecular complexity index is 1310. The van der Waals surface area contributed by atoms with Crippen molar-refractivity contribution in [2.45, 2.75) is 19.5 Å². The van der Waals surface area contributed by atoms with Gasteiger partial charge in [0.2, 0.25) is 0 Å². The Morgan fingerprint density at radius 2 is 2.03 bits per heavy atom. The molecule has 0 bridgehead atoms. The summed E-state index contributed by atoms with van der Waals surface area (Å²) in [6.07, 6.45) is 8.86. The highest BCUT2D eigenvalue weighted by molar-refractivity contribution is 5.79. The van der Waals surface area contributed by atoms with Crippen molar-refractivity contribution < 1.29 is 5.11 Å². The molecule has 4 heterocycles. The fourth-order valence-corrected chi connectivity index (χ4v) is 3.47. The molecule has 1 aromatic carbocycles. The minimum atomic E-state index is 0.0336. The minimum absolute atomic E-state index is 0.0336. The lowest BCUT2D eigenvalue weighted by Crippen LogP contribution is -2.07. The van der Waals surface area contributed by atoms with Crippen molar-refractivity contribution >= 4 is 22.2 Å². The van der Waals surface area contributed by atoms with E-state index < -0.39 is 0 Å². The first-order valence-electron chi connectivity index (χ1n) is 9.41. The number of aromatic nitrogens is 7. The molecule has 5 rings (SSSR count). The molecule has 0 fully saturated rings. The van der Waals surface area contributed by atoms with E-state index in [1.807, 2.05) is 22.9 Å². The highest BCUT2D eigenvalue weighted by Crippen LogP contribution is 2.26. The van der Waals surface area contributed by atoms with Gasteiger partial charge in [0.15, 0.2) is 11.3 Å². The molecule has 5 aromatic rings. The minimum Gasteiger partial charge on any atom is -0.394 e. The maximum Gasteiger partial charge on any atom is 0.197 e. The highest BCUT2D eigenvalue weighted by atomic mass is 16.3. The van der Waals surface area contributed by atoms with Crippen molar-refractivity contribution in [3.63, 3.8) is 0 Å². The predicted octanol–water partition coefficient (Wildman–Crippen LogP) is 2.84. The van der Waals surface area contributed by atoms with Crippen molar-refractivity contribution in [1.29, 1.82) is 0 Å². The molecular weight excluding hydrogens is 366 g/mol. The van der Waals surface area contributed by atoms with E-state index in [4.69, 9.17) is 10.1 Å². The summed E-state index contributed by atoms with van der Waals surface area (Å²) < 4.78 is 3.71. The normalized spacial score (nSPS) is 12.6. The van der Waals surface area contributed by atoms with Crippen molar-refractivity contribution in [2.75, 3.05) is 6.61 Å². The standard InChI is InChI=1S/C21H19N7O/c1-14(15-4-5-18-16(9-15)3-2-6-22-18)28-13-24-20-21(28)26-19(11-23-20)17-10-25-27(12-17)7-8-29/h2-6,9-14,29H,7-8H2,1H3. The van der Waals surface area contributed by atoms with Gasteiger partial charge in [-0.15, -0.1) is 0 Å². The zero-order valence-corrected chi connectivity index (χ0v) is 15.8. The average molecular weight is 385 g/mol. The number of nitrogens with zero attached hydrogens (tertiary/aromatic N) is 7. The molecule has 8 nitrogen and oxygen atoms in total. The Morgan fingerprint density at radius 3 is 2.93 bits per heavy atom. The maximum absolute atomic E-state index is 9.08. The van der Waals surface area contributed by atoms with Gasteiger partial charge in [0.05, 0.1) is 49.1 Å². The van der Waals surface area contributed by atoms with E-state index in [0.717, 1.165) is 33.4 Å². The van der Waals surface area contributed by atoms with Crippen LogP contribution in [-0.4, -0.2) is 46.0 Å². The zero-order chi connectivity index (χ0) is 19.8. The maximum atomic E-state index is 9.08. The molecule has 0 saturated heterocycles. The molecule has 8 heteroatoms. The fraction of sp³-hybridized carbons (Fsp3) is 0.190. The van der Waals surface area contributed by atoms with E-state index >= 15 is 0 Å². The second-order valence-corrected chi connectivity index (χ2v) is 6.90. The number of aliphatic hydroxyl groups is 1. The number of pyridine rings is 1. The van der Waals surface area contributed by atoms with E-state index in [0.29, 0.717) is 12.2 Å². The Hall–Kier alpha value is -3.65. The van der Waals surface area contributed by atoms with E-state index in [9.17, 15) is 0 Å². The molecule has 1 atom stereocenters. The SMILES string of the molecule is CC(c1ccc2ncccc2c1)n1cnc2ncc(-c3cnn(CCO)c3)nc21. The van der Waals surface area contributed by atoms with E-state index in [1.54, 1.807) is 29.6 Å². The third-order valence-corrected chi connectivity index (χ3v) is 5.07. The van der Waals surface area contributed by atoms with Crippen LogP contribution in [0.25, 0.3) is 33.5 Å². The predicted molar refractivity (Wildman–Crippen MR) is 109 cm³/mol. The first-order valence-corrected chi connectivity index (χ1v) is 9.41. The lowest BCUT2D eigenvalue weighted by molar-refractivity contribution is 0.269. The number of benzene rings is 1. The molecule has 0 aliphatic heterocycles. The van der Waals surface area contributed by atoms with Crippen LogP contribution in [0.5, 0.6) is 0 Å². The van der Waals surface area contributed by atoms with Crippen molar-refractivity contribution in [3.8, 4) is 11.3 Å². The lowest BCUT2D eigenvalue weighted by Gasteiger charge is -2.15. The quantitative estimate of drug-likeness (QED) is 0.500. The van der Waals surface area contributed by atoms with Crippen molar-refractivity contribution in [2.24, 2.45) is 0 Å². The Kier molecular flexibility index (Phi) is 4.25. The highest BCUT2D eigenvalue weighted by Gasteiger charge is 2.15. The van der Waals surface area contributed by atoms with Crippen LogP contribution in [0.1, 0.15) is 18.5 Å². The first-order chi connectivity index (χ1) is 14.2. The smallest absolute Gasteiger partial charge is 0.197 e. The first kappa shape index (κ1) is 17.4. The average Bonchev–Trinajstić information content (AvgIpc) is 3.40. The van der Waals surface area contributed by atoms with Gasteiger partial charge in [-0.1, -0.05) is 12.1 Å². The topological polar surface area (TPSA) is 94.5 Å². The van der Waals surface area contributed by atoms with Crippen LogP contribution in [-0.2, 0) is 6.54 Å². The zero-order valence-electron chi connectivity index (χ0n) is 15.8. The Morgan fingerprint density at radius 1 is 1.10 bits per heavy atom. The third kappa shape index (κ3) is 3.13. The molecule has 29 heavy (non-hydrogen) atoms. The molecule has 144 valence electrons. The van der Waals surface area contributed by atoms with E-state index in [-0.39, 0.29) is 12.6 Å². The van der Waals surface area contributed by atoms with Crippen molar-refractivity contribution in [1.82, 2.24) is 34.3 Å². The molecule has 1 N–H and O–H groups in total. The van der Waals surface area contributed by atoms with Gasteiger partial charge in [-0.05, 0) is 30.7 Å². The van der Waals surface area contributed by atoms with Gasteiger partial charge in [0.25, 0.3) is 0 Å². The van der Waals surface area contributed by atoms with Gasteiger partial charge in [0, 0.05) is 23.3 Å². The van der Waals surface area contributed by atoms with Crippen LogP contribution in [0.4, 0.5) is 0 Å². The van der Waals surface area contributed by atoms with Gasteiger partial charge >= 0.3 is 0 Å². The fourth-order valence-electron chi connectivity index (χ4n) is 3.47. The molecule has 4 aromatic heterocycles. The second kappa shape index (κ2) is 7.06. The van der Waals surface area contributed by atoms with Gasteiger partial charge in [-0.3, -0.25) is 9.67 Å². The number of fused-ring (bicyclic) bond motifs is 2. The summed E-state index contributed by atoms with van der Waals surface area (Å²) >= 11 is 0. The summed E-state index contributed by atoms with van der Waals surface area (Å²) in [5.74, 6) is 0. The molecule has 0 aliphatic carbocycles.